The maximum atomic E-state index is 13.0. The smallest absolute Gasteiger partial charge is 0.243 e. The highest BCUT2D eigenvalue weighted by Crippen LogP contribution is 2.25. The lowest BCUT2D eigenvalue weighted by Gasteiger charge is -2.26. The molecular formula is C26H28N2O5S. The van der Waals surface area contributed by atoms with Gasteiger partial charge >= 0.3 is 0 Å². The Labute approximate surface area is 200 Å². The van der Waals surface area contributed by atoms with Crippen molar-refractivity contribution in [3.63, 3.8) is 0 Å². The average molecular weight is 481 g/mol. The van der Waals surface area contributed by atoms with Crippen molar-refractivity contribution in [2.45, 2.75) is 10.8 Å². The Hall–Kier alpha value is -3.20. The van der Waals surface area contributed by atoms with E-state index >= 15 is 0 Å². The van der Waals surface area contributed by atoms with Crippen molar-refractivity contribution >= 4 is 15.9 Å². The topological polar surface area (TPSA) is 84.9 Å². The standard InChI is InChI=1S/C26H28N2O5S/c29-26(25(21-7-3-1-4-8-21)22-9-5-2-6-10-22)27-15-18-33-23-11-13-24(14-12-23)34(30,31)28-16-19-32-20-17-28/h1-14,25H,15-20H2,(H,27,29). The number of benzene rings is 3. The number of carbonyl (C=O) groups is 1. The predicted octanol–water partition coefficient (Wildman–Crippen LogP) is 3.03. The minimum absolute atomic E-state index is 0.104. The van der Waals surface area contributed by atoms with Gasteiger partial charge in [-0.05, 0) is 35.4 Å². The largest absolute Gasteiger partial charge is 0.492 e. The number of carbonyl (C=O) groups excluding carboxylic acids is 1. The van der Waals surface area contributed by atoms with Gasteiger partial charge in [0, 0.05) is 13.1 Å². The molecule has 0 unspecified atom stereocenters. The second-order valence-corrected chi connectivity index (χ2v) is 9.82. The molecule has 1 heterocycles. The fourth-order valence-electron chi connectivity index (χ4n) is 3.88. The van der Waals surface area contributed by atoms with E-state index in [-0.39, 0.29) is 17.4 Å². The van der Waals surface area contributed by atoms with Gasteiger partial charge in [-0.15, -0.1) is 0 Å². The van der Waals surface area contributed by atoms with Gasteiger partial charge in [0.05, 0.1) is 30.6 Å². The fraction of sp³-hybridized carbons (Fsp3) is 0.269. The molecule has 3 aromatic carbocycles. The Morgan fingerprint density at radius 2 is 1.44 bits per heavy atom. The summed E-state index contributed by atoms with van der Waals surface area (Å²) in [6.45, 7) is 2.10. The van der Waals surface area contributed by atoms with Gasteiger partial charge in [-0.3, -0.25) is 4.79 Å². The molecular weight excluding hydrogens is 452 g/mol. The summed E-state index contributed by atoms with van der Waals surface area (Å²) < 4.78 is 37.8. The number of rotatable bonds is 9. The molecule has 8 heteroatoms. The van der Waals surface area contributed by atoms with Crippen LogP contribution < -0.4 is 10.1 Å². The summed E-state index contributed by atoms with van der Waals surface area (Å²) in [6, 6.07) is 25.7. The summed E-state index contributed by atoms with van der Waals surface area (Å²) in [4.78, 5) is 13.2. The molecule has 1 N–H and O–H groups in total. The molecule has 0 bridgehead atoms. The minimum atomic E-state index is -3.54. The van der Waals surface area contributed by atoms with Crippen molar-refractivity contribution in [3.8, 4) is 5.75 Å². The predicted molar refractivity (Wildman–Crippen MR) is 129 cm³/mol. The molecule has 1 aliphatic heterocycles. The maximum absolute atomic E-state index is 13.0. The monoisotopic (exact) mass is 480 g/mol. The zero-order chi connectivity index (χ0) is 23.8. The Morgan fingerprint density at radius 1 is 0.882 bits per heavy atom. The molecule has 178 valence electrons. The highest BCUT2D eigenvalue weighted by atomic mass is 32.2. The maximum Gasteiger partial charge on any atom is 0.243 e. The summed E-state index contributed by atoms with van der Waals surface area (Å²) in [7, 11) is -3.54. The van der Waals surface area contributed by atoms with Gasteiger partial charge < -0.3 is 14.8 Å². The van der Waals surface area contributed by atoms with E-state index < -0.39 is 15.9 Å². The van der Waals surface area contributed by atoms with Crippen LogP contribution in [0, 0.1) is 0 Å². The average Bonchev–Trinajstić information content (AvgIpc) is 2.89. The Morgan fingerprint density at radius 3 is 2.00 bits per heavy atom. The lowest BCUT2D eigenvalue weighted by molar-refractivity contribution is -0.121. The van der Waals surface area contributed by atoms with Crippen LogP contribution in [-0.4, -0.2) is 58.1 Å². The normalized spacial score (nSPS) is 14.6. The molecule has 3 aromatic rings. The van der Waals surface area contributed by atoms with Gasteiger partial charge in [0.15, 0.2) is 0 Å². The molecule has 0 atom stereocenters. The van der Waals surface area contributed by atoms with Crippen LogP contribution in [-0.2, 0) is 19.6 Å². The summed E-state index contributed by atoms with van der Waals surface area (Å²) in [5.41, 5.74) is 1.84. The molecule has 1 fully saturated rings. The summed E-state index contributed by atoms with van der Waals surface area (Å²) in [5.74, 6) is 0.0258. The first-order valence-electron chi connectivity index (χ1n) is 11.2. The number of amides is 1. The number of sulfonamides is 1. The number of nitrogens with zero attached hydrogens (tertiary/aromatic N) is 1. The summed E-state index contributed by atoms with van der Waals surface area (Å²) in [6.07, 6.45) is 0. The highest BCUT2D eigenvalue weighted by molar-refractivity contribution is 7.89. The van der Waals surface area contributed by atoms with E-state index in [0.717, 1.165) is 11.1 Å². The van der Waals surface area contributed by atoms with Crippen molar-refractivity contribution in [2.24, 2.45) is 0 Å². The van der Waals surface area contributed by atoms with Crippen LogP contribution in [0.5, 0.6) is 5.75 Å². The Bertz CT molecular complexity index is 1120. The molecule has 1 amide bonds. The van der Waals surface area contributed by atoms with E-state index in [0.29, 0.717) is 38.6 Å². The Kier molecular flexibility index (Phi) is 7.95. The quantitative estimate of drug-likeness (QED) is 0.476. The van der Waals surface area contributed by atoms with E-state index in [9.17, 15) is 13.2 Å². The van der Waals surface area contributed by atoms with E-state index in [1.807, 2.05) is 60.7 Å². The first kappa shape index (κ1) is 23.9. The molecule has 0 spiro atoms. The van der Waals surface area contributed by atoms with E-state index in [4.69, 9.17) is 9.47 Å². The highest BCUT2D eigenvalue weighted by Gasteiger charge is 2.26. The molecule has 1 aliphatic rings. The number of morpholine rings is 1. The SMILES string of the molecule is O=C(NCCOc1ccc(S(=O)(=O)N2CCOCC2)cc1)C(c1ccccc1)c1ccccc1. The van der Waals surface area contributed by atoms with E-state index in [2.05, 4.69) is 5.32 Å². The number of hydrogen-bond acceptors (Lipinski definition) is 5. The lowest BCUT2D eigenvalue weighted by Crippen LogP contribution is -2.40. The van der Waals surface area contributed by atoms with Crippen molar-refractivity contribution < 1.29 is 22.7 Å². The zero-order valence-electron chi connectivity index (χ0n) is 18.8. The van der Waals surface area contributed by atoms with Gasteiger partial charge in [-0.25, -0.2) is 8.42 Å². The third-order valence-electron chi connectivity index (χ3n) is 5.63. The minimum Gasteiger partial charge on any atom is -0.492 e. The molecule has 4 rings (SSSR count). The van der Waals surface area contributed by atoms with Crippen molar-refractivity contribution in [2.75, 3.05) is 39.5 Å². The van der Waals surface area contributed by atoms with E-state index in [1.54, 1.807) is 24.3 Å². The number of hydrogen-bond donors (Lipinski definition) is 1. The van der Waals surface area contributed by atoms with Gasteiger partial charge in [-0.1, -0.05) is 60.7 Å². The van der Waals surface area contributed by atoms with E-state index in [1.165, 1.54) is 4.31 Å². The first-order valence-corrected chi connectivity index (χ1v) is 12.7. The van der Waals surface area contributed by atoms with Crippen molar-refractivity contribution in [1.29, 1.82) is 0 Å². The van der Waals surface area contributed by atoms with Crippen LogP contribution in [0.2, 0.25) is 0 Å². The molecule has 34 heavy (non-hydrogen) atoms. The van der Waals surface area contributed by atoms with Crippen LogP contribution in [0.1, 0.15) is 17.0 Å². The Balaban J connectivity index is 1.32. The zero-order valence-corrected chi connectivity index (χ0v) is 19.6. The van der Waals surface area contributed by atoms with Gasteiger partial charge in [-0.2, -0.15) is 4.31 Å². The van der Waals surface area contributed by atoms with Gasteiger partial charge in [0.25, 0.3) is 0 Å². The number of ether oxygens (including phenoxy) is 2. The molecule has 0 saturated carbocycles. The number of nitrogens with one attached hydrogen (secondary N) is 1. The summed E-state index contributed by atoms with van der Waals surface area (Å²) >= 11 is 0. The first-order chi connectivity index (χ1) is 16.6. The van der Waals surface area contributed by atoms with Crippen molar-refractivity contribution in [3.05, 3.63) is 96.1 Å². The molecule has 7 nitrogen and oxygen atoms in total. The van der Waals surface area contributed by atoms with Crippen LogP contribution >= 0.6 is 0 Å². The second kappa shape index (κ2) is 11.3. The van der Waals surface area contributed by atoms with Crippen LogP contribution in [0.4, 0.5) is 0 Å². The van der Waals surface area contributed by atoms with Crippen LogP contribution in [0.3, 0.4) is 0 Å². The third kappa shape index (κ3) is 5.83. The molecule has 0 aliphatic carbocycles. The fourth-order valence-corrected chi connectivity index (χ4v) is 5.28. The third-order valence-corrected chi connectivity index (χ3v) is 7.54. The second-order valence-electron chi connectivity index (χ2n) is 7.88. The van der Waals surface area contributed by atoms with Gasteiger partial charge in [0.1, 0.15) is 12.4 Å². The molecule has 0 radical (unpaired) electrons. The van der Waals surface area contributed by atoms with Crippen LogP contribution in [0.25, 0.3) is 0 Å². The van der Waals surface area contributed by atoms with Crippen molar-refractivity contribution in [1.82, 2.24) is 9.62 Å². The summed E-state index contributed by atoms with van der Waals surface area (Å²) in [5, 5.41) is 2.95. The van der Waals surface area contributed by atoms with Gasteiger partial charge in [0.2, 0.25) is 15.9 Å². The van der Waals surface area contributed by atoms with Crippen LogP contribution in [0.15, 0.2) is 89.8 Å². The lowest BCUT2D eigenvalue weighted by atomic mass is 9.90. The molecule has 0 aromatic heterocycles. The molecule has 1 saturated heterocycles.